The van der Waals surface area contributed by atoms with Gasteiger partial charge in [0, 0.05) is 24.8 Å². The van der Waals surface area contributed by atoms with Crippen molar-refractivity contribution in [3.8, 4) is 11.5 Å². The first kappa shape index (κ1) is 15.0. The average molecular weight is 265 g/mol. The van der Waals surface area contributed by atoms with Crippen molar-refractivity contribution in [3.63, 3.8) is 0 Å². The Bertz CT molecular complexity index is 443. The summed E-state index contributed by atoms with van der Waals surface area (Å²) in [4.78, 5) is 11.5. The van der Waals surface area contributed by atoms with E-state index in [1.54, 1.807) is 38.5 Å². The maximum absolute atomic E-state index is 11.5. The van der Waals surface area contributed by atoms with Crippen LogP contribution in [0, 0.1) is 0 Å². The first-order valence-corrected chi connectivity index (χ1v) is 6.00. The summed E-state index contributed by atoms with van der Waals surface area (Å²) in [5.41, 5.74) is 0.763. The van der Waals surface area contributed by atoms with E-state index in [0.717, 1.165) is 5.56 Å². The Labute approximate surface area is 112 Å². The summed E-state index contributed by atoms with van der Waals surface area (Å²) in [6.07, 6.45) is 3.63. The molecule has 0 atom stereocenters. The molecule has 0 unspecified atom stereocenters. The molecule has 0 aromatic heterocycles. The number of ether oxygens (including phenoxy) is 2. The standard InChI is InChI=1S/C14H19NO4/c1-18-12-5-6-13(19-2)11(10-12)4-7-14(17)15-8-3-9-16/h4-7,10,16H,3,8-9H2,1-2H3,(H,15,17)/b7-4+. The number of amides is 1. The molecule has 2 N–H and O–H groups in total. The Balaban J connectivity index is 2.71. The van der Waals surface area contributed by atoms with Crippen molar-refractivity contribution >= 4 is 12.0 Å². The van der Waals surface area contributed by atoms with Gasteiger partial charge in [-0.05, 0) is 30.7 Å². The first-order valence-electron chi connectivity index (χ1n) is 6.00. The van der Waals surface area contributed by atoms with Crippen LogP contribution in [0.2, 0.25) is 0 Å². The van der Waals surface area contributed by atoms with Crippen LogP contribution in [0.5, 0.6) is 11.5 Å². The second-order valence-corrected chi connectivity index (χ2v) is 3.81. The maximum atomic E-state index is 11.5. The predicted octanol–water partition coefficient (Wildman–Crippen LogP) is 1.22. The molecule has 0 spiro atoms. The van der Waals surface area contributed by atoms with E-state index >= 15 is 0 Å². The van der Waals surface area contributed by atoms with E-state index < -0.39 is 0 Å². The Hall–Kier alpha value is -2.01. The second-order valence-electron chi connectivity index (χ2n) is 3.81. The van der Waals surface area contributed by atoms with Gasteiger partial charge in [0.2, 0.25) is 5.91 Å². The fourth-order valence-electron chi connectivity index (χ4n) is 1.48. The molecule has 0 aliphatic carbocycles. The van der Waals surface area contributed by atoms with E-state index in [0.29, 0.717) is 24.5 Å². The molecule has 5 heteroatoms. The number of aliphatic hydroxyl groups excluding tert-OH is 1. The van der Waals surface area contributed by atoms with Crippen LogP contribution in [0.3, 0.4) is 0 Å². The highest BCUT2D eigenvalue weighted by molar-refractivity contribution is 5.92. The number of nitrogens with one attached hydrogen (secondary N) is 1. The minimum Gasteiger partial charge on any atom is -0.497 e. The number of benzene rings is 1. The van der Waals surface area contributed by atoms with E-state index in [1.165, 1.54) is 6.08 Å². The molecule has 1 aromatic carbocycles. The van der Waals surface area contributed by atoms with E-state index in [9.17, 15) is 4.79 Å². The van der Waals surface area contributed by atoms with Crippen molar-refractivity contribution in [1.82, 2.24) is 5.32 Å². The maximum Gasteiger partial charge on any atom is 0.244 e. The van der Waals surface area contributed by atoms with Gasteiger partial charge >= 0.3 is 0 Å². The number of hydrogen-bond acceptors (Lipinski definition) is 4. The quantitative estimate of drug-likeness (QED) is 0.574. The molecule has 0 aliphatic heterocycles. The number of aliphatic hydroxyl groups is 1. The Morgan fingerprint density at radius 1 is 1.37 bits per heavy atom. The van der Waals surface area contributed by atoms with Gasteiger partial charge in [0.25, 0.3) is 0 Å². The third-order valence-electron chi connectivity index (χ3n) is 2.49. The van der Waals surface area contributed by atoms with Gasteiger partial charge in [-0.25, -0.2) is 0 Å². The lowest BCUT2D eigenvalue weighted by atomic mass is 10.1. The molecule has 0 fully saturated rings. The number of hydrogen-bond donors (Lipinski definition) is 2. The van der Waals surface area contributed by atoms with Gasteiger partial charge in [-0.3, -0.25) is 4.79 Å². The third kappa shape index (κ3) is 5.01. The molecule has 0 aliphatic rings. The van der Waals surface area contributed by atoms with Gasteiger partial charge < -0.3 is 19.9 Å². The van der Waals surface area contributed by atoms with Crippen LogP contribution >= 0.6 is 0 Å². The van der Waals surface area contributed by atoms with Crippen LogP contribution in [0.4, 0.5) is 0 Å². The average Bonchev–Trinajstić information content (AvgIpc) is 2.45. The summed E-state index contributed by atoms with van der Waals surface area (Å²) in [7, 11) is 3.15. The van der Waals surface area contributed by atoms with Gasteiger partial charge in [-0.15, -0.1) is 0 Å². The van der Waals surface area contributed by atoms with Crippen molar-refractivity contribution < 1.29 is 19.4 Å². The topological polar surface area (TPSA) is 67.8 Å². The van der Waals surface area contributed by atoms with Crippen molar-refractivity contribution in [3.05, 3.63) is 29.8 Å². The summed E-state index contributed by atoms with van der Waals surface area (Å²) in [6.45, 7) is 0.516. The lowest BCUT2D eigenvalue weighted by Crippen LogP contribution is -2.22. The minimum atomic E-state index is -0.210. The van der Waals surface area contributed by atoms with Gasteiger partial charge in [-0.1, -0.05) is 0 Å². The fourth-order valence-corrected chi connectivity index (χ4v) is 1.48. The van der Waals surface area contributed by atoms with E-state index in [4.69, 9.17) is 14.6 Å². The summed E-state index contributed by atoms with van der Waals surface area (Å²) >= 11 is 0. The number of carbonyl (C=O) groups excluding carboxylic acids is 1. The largest absolute Gasteiger partial charge is 0.497 e. The third-order valence-corrected chi connectivity index (χ3v) is 2.49. The molecule has 104 valence electrons. The zero-order valence-corrected chi connectivity index (χ0v) is 11.2. The zero-order chi connectivity index (χ0) is 14.1. The molecule has 1 rings (SSSR count). The monoisotopic (exact) mass is 265 g/mol. The van der Waals surface area contributed by atoms with E-state index in [2.05, 4.69) is 5.32 Å². The Morgan fingerprint density at radius 2 is 2.16 bits per heavy atom. The molecule has 0 bridgehead atoms. The van der Waals surface area contributed by atoms with Gasteiger partial charge in [0.1, 0.15) is 11.5 Å². The van der Waals surface area contributed by atoms with Gasteiger partial charge in [0.05, 0.1) is 14.2 Å². The predicted molar refractivity (Wildman–Crippen MR) is 73.3 cm³/mol. The van der Waals surface area contributed by atoms with Crippen LogP contribution in [-0.4, -0.2) is 38.4 Å². The molecule has 0 saturated heterocycles. The molecular formula is C14H19NO4. The highest BCUT2D eigenvalue weighted by Crippen LogP contribution is 2.24. The summed E-state index contributed by atoms with van der Waals surface area (Å²) in [5, 5.41) is 11.3. The molecular weight excluding hydrogens is 246 g/mol. The van der Waals surface area contributed by atoms with E-state index in [-0.39, 0.29) is 12.5 Å². The molecule has 0 radical (unpaired) electrons. The molecule has 19 heavy (non-hydrogen) atoms. The van der Waals surface area contributed by atoms with Crippen LogP contribution < -0.4 is 14.8 Å². The summed E-state index contributed by atoms with van der Waals surface area (Å²) in [5.74, 6) is 1.15. The molecule has 5 nitrogen and oxygen atoms in total. The molecule has 0 saturated carbocycles. The summed E-state index contributed by atoms with van der Waals surface area (Å²) in [6, 6.07) is 5.36. The van der Waals surface area contributed by atoms with E-state index in [1.807, 2.05) is 0 Å². The Morgan fingerprint density at radius 3 is 2.79 bits per heavy atom. The molecule has 1 amide bonds. The van der Waals surface area contributed by atoms with Crippen LogP contribution in [0.1, 0.15) is 12.0 Å². The van der Waals surface area contributed by atoms with Crippen LogP contribution in [0.15, 0.2) is 24.3 Å². The first-order chi connectivity index (χ1) is 9.21. The lowest BCUT2D eigenvalue weighted by Gasteiger charge is -2.07. The minimum absolute atomic E-state index is 0.0632. The van der Waals surface area contributed by atoms with Crippen molar-refractivity contribution in [2.75, 3.05) is 27.4 Å². The molecule has 1 aromatic rings. The fraction of sp³-hybridized carbons (Fsp3) is 0.357. The number of methoxy groups -OCH3 is 2. The zero-order valence-electron chi connectivity index (χ0n) is 11.2. The second kappa shape index (κ2) is 8.16. The van der Waals surface area contributed by atoms with Crippen LogP contribution in [-0.2, 0) is 4.79 Å². The summed E-state index contributed by atoms with van der Waals surface area (Å²) < 4.78 is 10.3. The smallest absolute Gasteiger partial charge is 0.244 e. The van der Waals surface area contributed by atoms with Gasteiger partial charge in [0.15, 0.2) is 0 Å². The lowest BCUT2D eigenvalue weighted by molar-refractivity contribution is -0.116. The van der Waals surface area contributed by atoms with Gasteiger partial charge in [-0.2, -0.15) is 0 Å². The highest BCUT2D eigenvalue weighted by atomic mass is 16.5. The van der Waals surface area contributed by atoms with Crippen molar-refractivity contribution in [1.29, 1.82) is 0 Å². The normalized spacial score (nSPS) is 10.5. The molecule has 0 heterocycles. The SMILES string of the molecule is COc1ccc(OC)c(/C=C/C(=O)NCCCO)c1. The highest BCUT2D eigenvalue weighted by Gasteiger charge is 2.02. The Kier molecular flexibility index (Phi) is 6.46. The number of carbonyl (C=O) groups is 1. The van der Waals surface area contributed by atoms with Crippen molar-refractivity contribution in [2.45, 2.75) is 6.42 Å². The van der Waals surface area contributed by atoms with Crippen LogP contribution in [0.25, 0.3) is 6.08 Å². The number of rotatable bonds is 7. The van der Waals surface area contributed by atoms with Crippen molar-refractivity contribution in [2.24, 2.45) is 0 Å².